The average molecular weight is 157 g/mol. The lowest BCUT2D eigenvalue weighted by molar-refractivity contribution is 1.28. The zero-order valence-corrected chi connectivity index (χ0v) is 6.63. The summed E-state index contributed by atoms with van der Waals surface area (Å²) in [5, 5.41) is 9.74. The molecule has 1 N–H and O–H groups in total. The zero-order valence-electron chi connectivity index (χ0n) is 6.63. The molecule has 12 heavy (non-hydrogen) atoms. The summed E-state index contributed by atoms with van der Waals surface area (Å²) >= 11 is 0. The summed E-state index contributed by atoms with van der Waals surface area (Å²) in [6.07, 6.45) is 3.42. The van der Waals surface area contributed by atoms with Crippen LogP contribution in [-0.2, 0) is 0 Å². The second-order valence-electron chi connectivity index (χ2n) is 2.65. The van der Waals surface area contributed by atoms with Crippen molar-refractivity contribution in [3.63, 3.8) is 0 Å². The van der Waals surface area contributed by atoms with Crippen LogP contribution < -0.4 is 0 Å². The third kappa shape index (κ3) is 0.785. The first-order chi connectivity index (χ1) is 5.83. The molecule has 0 bridgehead atoms. The average Bonchev–Trinajstić information content (AvgIpc) is 2.53. The van der Waals surface area contributed by atoms with E-state index in [9.17, 15) is 0 Å². The van der Waals surface area contributed by atoms with Gasteiger partial charge in [-0.2, -0.15) is 5.26 Å². The van der Waals surface area contributed by atoms with Crippen molar-refractivity contribution in [1.82, 2.24) is 9.97 Å². The molecule has 0 spiro atoms. The number of nitriles is 1. The Hall–Kier alpha value is -1.82. The number of H-pyrrole nitrogens is 1. The lowest BCUT2D eigenvalue weighted by Crippen LogP contribution is -1.85. The quantitative estimate of drug-likeness (QED) is 0.633. The molecule has 0 aromatic carbocycles. The van der Waals surface area contributed by atoms with Gasteiger partial charge in [-0.1, -0.05) is 0 Å². The number of hydrogen-bond acceptors (Lipinski definition) is 2. The van der Waals surface area contributed by atoms with Crippen molar-refractivity contribution >= 4 is 11.0 Å². The van der Waals surface area contributed by atoms with Gasteiger partial charge in [-0.05, 0) is 18.6 Å². The Bertz CT molecular complexity index is 462. The van der Waals surface area contributed by atoms with E-state index in [4.69, 9.17) is 5.26 Å². The first kappa shape index (κ1) is 6.86. The molecular formula is C9H7N3. The van der Waals surface area contributed by atoms with Gasteiger partial charge in [0.25, 0.3) is 0 Å². The van der Waals surface area contributed by atoms with Crippen LogP contribution in [0.25, 0.3) is 11.0 Å². The largest absolute Gasteiger partial charge is 0.346 e. The van der Waals surface area contributed by atoms with Crippen molar-refractivity contribution in [1.29, 1.82) is 5.26 Å². The number of hydrogen-bond donors (Lipinski definition) is 1. The molecule has 0 unspecified atom stereocenters. The highest BCUT2D eigenvalue weighted by Crippen LogP contribution is 2.17. The summed E-state index contributed by atoms with van der Waals surface area (Å²) < 4.78 is 0. The number of pyridine rings is 1. The van der Waals surface area contributed by atoms with Gasteiger partial charge in [0, 0.05) is 17.8 Å². The van der Waals surface area contributed by atoms with Gasteiger partial charge in [-0.3, -0.25) is 0 Å². The molecule has 0 aliphatic heterocycles. The van der Waals surface area contributed by atoms with Crippen LogP contribution in [0, 0.1) is 18.3 Å². The predicted octanol–water partition coefficient (Wildman–Crippen LogP) is 1.74. The molecule has 0 aliphatic carbocycles. The minimum Gasteiger partial charge on any atom is -0.346 e. The fourth-order valence-electron chi connectivity index (χ4n) is 1.25. The highest BCUT2D eigenvalue weighted by Gasteiger charge is 2.03. The van der Waals surface area contributed by atoms with Crippen LogP contribution >= 0.6 is 0 Å². The van der Waals surface area contributed by atoms with Gasteiger partial charge < -0.3 is 4.98 Å². The normalized spacial score (nSPS) is 10.0. The molecular weight excluding hydrogens is 150 g/mol. The van der Waals surface area contributed by atoms with E-state index in [0.717, 1.165) is 16.6 Å². The monoisotopic (exact) mass is 157 g/mol. The van der Waals surface area contributed by atoms with Gasteiger partial charge in [0.2, 0.25) is 0 Å². The van der Waals surface area contributed by atoms with Gasteiger partial charge in [-0.15, -0.1) is 0 Å². The van der Waals surface area contributed by atoms with Gasteiger partial charge >= 0.3 is 0 Å². The molecule has 0 fully saturated rings. The summed E-state index contributed by atoms with van der Waals surface area (Å²) in [6.45, 7) is 1.93. The number of aryl methyl sites for hydroxylation is 1. The van der Waals surface area contributed by atoms with E-state index in [1.54, 1.807) is 6.20 Å². The summed E-state index contributed by atoms with van der Waals surface area (Å²) in [6, 6.07) is 4.03. The highest BCUT2D eigenvalue weighted by molar-refractivity contribution is 5.80. The Morgan fingerprint density at radius 2 is 2.42 bits per heavy atom. The minimum absolute atomic E-state index is 0.641. The van der Waals surface area contributed by atoms with E-state index in [1.165, 1.54) is 0 Å². The van der Waals surface area contributed by atoms with Gasteiger partial charge in [0.15, 0.2) is 0 Å². The van der Waals surface area contributed by atoms with E-state index < -0.39 is 0 Å². The fourth-order valence-corrected chi connectivity index (χ4v) is 1.25. The van der Waals surface area contributed by atoms with Crippen LogP contribution in [0.15, 0.2) is 18.5 Å². The van der Waals surface area contributed by atoms with Crippen molar-refractivity contribution in [2.24, 2.45) is 0 Å². The van der Waals surface area contributed by atoms with Crippen LogP contribution in [0.5, 0.6) is 0 Å². The maximum absolute atomic E-state index is 8.72. The first-order valence-corrected chi connectivity index (χ1v) is 3.65. The smallest absolute Gasteiger partial charge is 0.137 e. The molecule has 3 heteroatoms. The number of nitrogens with zero attached hydrogens (tertiary/aromatic N) is 2. The molecule has 2 aromatic heterocycles. The van der Waals surface area contributed by atoms with Crippen LogP contribution in [0.2, 0.25) is 0 Å². The first-order valence-electron chi connectivity index (χ1n) is 3.65. The third-order valence-electron chi connectivity index (χ3n) is 1.98. The topological polar surface area (TPSA) is 52.5 Å². The minimum atomic E-state index is 0.641. The second kappa shape index (κ2) is 2.35. The molecule has 0 aliphatic rings. The molecule has 0 amide bonds. The van der Waals surface area contributed by atoms with Gasteiger partial charge in [-0.25, -0.2) is 4.98 Å². The maximum atomic E-state index is 8.72. The van der Waals surface area contributed by atoms with E-state index in [1.807, 2.05) is 19.2 Å². The summed E-state index contributed by atoms with van der Waals surface area (Å²) in [7, 11) is 0. The van der Waals surface area contributed by atoms with Gasteiger partial charge in [0.1, 0.15) is 11.7 Å². The highest BCUT2D eigenvalue weighted by atomic mass is 14.8. The van der Waals surface area contributed by atoms with E-state index in [-0.39, 0.29) is 0 Å². The maximum Gasteiger partial charge on any atom is 0.137 e. The third-order valence-corrected chi connectivity index (χ3v) is 1.98. The van der Waals surface area contributed by atoms with Crippen LogP contribution in [0.1, 0.15) is 11.1 Å². The van der Waals surface area contributed by atoms with Crippen molar-refractivity contribution in [2.45, 2.75) is 6.92 Å². The molecule has 0 saturated carbocycles. The molecule has 2 rings (SSSR count). The van der Waals surface area contributed by atoms with Crippen molar-refractivity contribution < 1.29 is 0 Å². The molecule has 0 saturated heterocycles. The summed E-state index contributed by atoms with van der Waals surface area (Å²) in [5.41, 5.74) is 2.47. The number of aromatic nitrogens is 2. The Balaban J connectivity index is 2.89. The Morgan fingerprint density at radius 3 is 3.17 bits per heavy atom. The zero-order chi connectivity index (χ0) is 8.55. The van der Waals surface area contributed by atoms with E-state index in [0.29, 0.717) is 5.56 Å². The second-order valence-corrected chi connectivity index (χ2v) is 2.65. The lowest BCUT2D eigenvalue weighted by Gasteiger charge is -1.96. The lowest BCUT2D eigenvalue weighted by atomic mass is 10.1. The van der Waals surface area contributed by atoms with Crippen molar-refractivity contribution in [2.75, 3.05) is 0 Å². The van der Waals surface area contributed by atoms with Crippen LogP contribution in [0.4, 0.5) is 0 Å². The number of rotatable bonds is 0. The SMILES string of the molecule is Cc1c(C#N)cnc2[nH]ccc12. The molecule has 0 atom stereocenters. The van der Waals surface area contributed by atoms with E-state index >= 15 is 0 Å². The Morgan fingerprint density at radius 1 is 1.58 bits per heavy atom. The van der Waals surface area contributed by atoms with Crippen molar-refractivity contribution in [3.05, 3.63) is 29.6 Å². The molecule has 2 aromatic rings. The van der Waals surface area contributed by atoms with Crippen LogP contribution in [0.3, 0.4) is 0 Å². The van der Waals surface area contributed by atoms with E-state index in [2.05, 4.69) is 16.0 Å². The molecule has 3 nitrogen and oxygen atoms in total. The van der Waals surface area contributed by atoms with Gasteiger partial charge in [0.05, 0.1) is 5.56 Å². The number of fused-ring (bicyclic) bond motifs is 1. The number of aromatic amines is 1. The summed E-state index contributed by atoms with van der Waals surface area (Å²) in [4.78, 5) is 7.09. The number of nitrogens with one attached hydrogen (secondary N) is 1. The summed E-state index contributed by atoms with van der Waals surface area (Å²) in [5.74, 6) is 0. The Labute approximate surface area is 69.7 Å². The Kier molecular flexibility index (Phi) is 1.34. The van der Waals surface area contributed by atoms with Crippen LogP contribution in [-0.4, -0.2) is 9.97 Å². The fraction of sp³-hybridized carbons (Fsp3) is 0.111. The molecule has 2 heterocycles. The molecule has 58 valence electrons. The molecule has 0 radical (unpaired) electrons. The predicted molar refractivity (Wildman–Crippen MR) is 45.5 cm³/mol. The van der Waals surface area contributed by atoms with Crippen molar-refractivity contribution in [3.8, 4) is 6.07 Å². The standard InChI is InChI=1S/C9H7N3/c1-6-7(4-10)5-12-9-8(6)2-3-11-9/h2-3,5H,1H3,(H,11,12).